The lowest BCUT2D eigenvalue weighted by molar-refractivity contribution is -0.155. The van der Waals surface area contributed by atoms with Crippen molar-refractivity contribution in [1.29, 1.82) is 0 Å². The van der Waals surface area contributed by atoms with Crippen LogP contribution in [0.5, 0.6) is 0 Å². The molecule has 0 spiro atoms. The fourth-order valence-electron chi connectivity index (χ4n) is 1.18. The van der Waals surface area contributed by atoms with Crippen LogP contribution >= 0.6 is 0 Å². The largest absolute Gasteiger partial charge is 0.480 e. The molecule has 0 saturated heterocycles. The summed E-state index contributed by atoms with van der Waals surface area (Å²) in [6.07, 6.45) is 1.27. The van der Waals surface area contributed by atoms with E-state index >= 15 is 0 Å². The number of amides is 1. The first-order valence-electron chi connectivity index (χ1n) is 4.55. The Hall–Kier alpha value is -1.10. The quantitative estimate of drug-likeness (QED) is 0.418. The normalized spacial score (nSPS) is 14.5. The van der Waals surface area contributed by atoms with Gasteiger partial charge >= 0.3 is 5.97 Å². The van der Waals surface area contributed by atoms with Crippen LogP contribution in [-0.4, -0.2) is 35.7 Å². The van der Waals surface area contributed by atoms with E-state index in [0.717, 1.165) is 0 Å². The molecule has 14 heavy (non-hydrogen) atoms. The molecule has 1 unspecified atom stereocenters. The van der Waals surface area contributed by atoms with Gasteiger partial charge in [-0.3, -0.25) is 9.59 Å². The van der Waals surface area contributed by atoms with E-state index in [2.05, 4.69) is 5.32 Å². The van der Waals surface area contributed by atoms with E-state index in [1.165, 1.54) is 14.0 Å². The highest BCUT2D eigenvalue weighted by Gasteiger charge is 2.39. The Labute approximate surface area is 83.1 Å². The number of nitrogens with one attached hydrogen (secondary N) is 1. The molecule has 5 nitrogen and oxygen atoms in total. The molecule has 1 atom stereocenters. The molecule has 0 radical (unpaired) electrons. The van der Waals surface area contributed by atoms with E-state index in [-0.39, 0.29) is 13.0 Å². The van der Waals surface area contributed by atoms with Crippen LogP contribution in [0.25, 0.3) is 0 Å². The lowest BCUT2D eigenvalue weighted by atomic mass is 9.84. The average Bonchev–Trinajstić information content (AvgIpc) is 2.16. The standard InChI is InChI=1S/C9H17NO4/c1-9(8(13)14,7(12)10-2)5-3-4-6-11/h11H,3-6H2,1-2H3,(H,10,12)(H,13,14). The molecule has 82 valence electrons. The van der Waals surface area contributed by atoms with Gasteiger partial charge in [0.05, 0.1) is 0 Å². The van der Waals surface area contributed by atoms with Crippen LogP contribution < -0.4 is 5.32 Å². The zero-order valence-corrected chi connectivity index (χ0v) is 8.54. The van der Waals surface area contributed by atoms with E-state index in [4.69, 9.17) is 10.2 Å². The van der Waals surface area contributed by atoms with Crippen molar-refractivity contribution in [2.75, 3.05) is 13.7 Å². The number of carbonyl (C=O) groups is 2. The zero-order valence-electron chi connectivity index (χ0n) is 8.54. The van der Waals surface area contributed by atoms with Gasteiger partial charge in [0.25, 0.3) is 0 Å². The molecule has 0 aliphatic heterocycles. The fourth-order valence-corrected chi connectivity index (χ4v) is 1.18. The Kier molecular flexibility index (Phi) is 5.15. The summed E-state index contributed by atoms with van der Waals surface area (Å²) in [6, 6.07) is 0. The Balaban J connectivity index is 4.40. The lowest BCUT2D eigenvalue weighted by Gasteiger charge is -2.22. The number of hydrogen-bond donors (Lipinski definition) is 3. The van der Waals surface area contributed by atoms with Gasteiger partial charge in [0.1, 0.15) is 5.41 Å². The third-order valence-corrected chi connectivity index (χ3v) is 2.29. The zero-order chi connectivity index (χ0) is 11.2. The number of unbranched alkanes of at least 4 members (excludes halogenated alkanes) is 1. The smallest absolute Gasteiger partial charge is 0.318 e. The molecule has 0 aromatic carbocycles. The van der Waals surface area contributed by atoms with Gasteiger partial charge in [0.2, 0.25) is 5.91 Å². The van der Waals surface area contributed by atoms with Gasteiger partial charge in [-0.1, -0.05) is 0 Å². The van der Waals surface area contributed by atoms with Gasteiger partial charge in [-0.05, 0) is 26.2 Å². The highest BCUT2D eigenvalue weighted by atomic mass is 16.4. The molecule has 1 amide bonds. The predicted molar refractivity (Wildman–Crippen MR) is 50.7 cm³/mol. The van der Waals surface area contributed by atoms with Crippen molar-refractivity contribution in [3.8, 4) is 0 Å². The second-order valence-corrected chi connectivity index (χ2v) is 3.40. The SMILES string of the molecule is CNC(=O)C(C)(CCCCO)C(=O)O. The molecule has 0 aliphatic rings. The highest BCUT2D eigenvalue weighted by Crippen LogP contribution is 2.24. The Morgan fingerprint density at radius 1 is 1.36 bits per heavy atom. The second-order valence-electron chi connectivity index (χ2n) is 3.40. The number of carboxylic acids is 1. The lowest BCUT2D eigenvalue weighted by Crippen LogP contribution is -2.43. The van der Waals surface area contributed by atoms with Crippen molar-refractivity contribution in [1.82, 2.24) is 5.32 Å². The maximum absolute atomic E-state index is 11.3. The molecule has 0 aliphatic carbocycles. The molecule has 0 rings (SSSR count). The summed E-state index contributed by atoms with van der Waals surface area (Å²) in [4.78, 5) is 22.2. The van der Waals surface area contributed by atoms with Crippen molar-refractivity contribution in [2.24, 2.45) is 5.41 Å². The summed E-state index contributed by atoms with van der Waals surface area (Å²) in [5, 5.41) is 19.8. The van der Waals surface area contributed by atoms with Crippen molar-refractivity contribution in [2.45, 2.75) is 26.2 Å². The number of carbonyl (C=O) groups excluding carboxylic acids is 1. The third-order valence-electron chi connectivity index (χ3n) is 2.29. The van der Waals surface area contributed by atoms with Gasteiger partial charge in [0, 0.05) is 13.7 Å². The highest BCUT2D eigenvalue weighted by molar-refractivity contribution is 6.01. The summed E-state index contributed by atoms with van der Waals surface area (Å²) >= 11 is 0. The van der Waals surface area contributed by atoms with Crippen molar-refractivity contribution < 1.29 is 19.8 Å². The molecule has 5 heteroatoms. The van der Waals surface area contributed by atoms with Gasteiger partial charge in [-0.15, -0.1) is 0 Å². The van der Waals surface area contributed by atoms with Crippen molar-refractivity contribution in [3.05, 3.63) is 0 Å². The van der Waals surface area contributed by atoms with Crippen LogP contribution in [0.4, 0.5) is 0 Å². The second kappa shape index (κ2) is 5.59. The van der Waals surface area contributed by atoms with Crippen LogP contribution in [0, 0.1) is 5.41 Å². The Morgan fingerprint density at radius 3 is 2.29 bits per heavy atom. The molecule has 0 aromatic heterocycles. The van der Waals surface area contributed by atoms with E-state index in [1.54, 1.807) is 0 Å². The van der Waals surface area contributed by atoms with Crippen molar-refractivity contribution in [3.63, 3.8) is 0 Å². The van der Waals surface area contributed by atoms with E-state index < -0.39 is 17.3 Å². The minimum absolute atomic E-state index is 0.0173. The van der Waals surface area contributed by atoms with Crippen molar-refractivity contribution >= 4 is 11.9 Å². The topological polar surface area (TPSA) is 86.6 Å². The number of aliphatic hydroxyl groups excluding tert-OH is 1. The van der Waals surface area contributed by atoms with E-state index in [1.807, 2.05) is 0 Å². The molecule has 0 fully saturated rings. The molecule has 0 bridgehead atoms. The Bertz CT molecular complexity index is 217. The van der Waals surface area contributed by atoms with Gasteiger partial charge in [-0.25, -0.2) is 0 Å². The summed E-state index contributed by atoms with van der Waals surface area (Å²) in [6.45, 7) is 1.41. The number of hydrogen-bond acceptors (Lipinski definition) is 3. The fraction of sp³-hybridized carbons (Fsp3) is 0.778. The summed E-state index contributed by atoms with van der Waals surface area (Å²) in [5.74, 6) is -1.63. The van der Waals surface area contributed by atoms with Gasteiger partial charge < -0.3 is 15.5 Å². The van der Waals surface area contributed by atoms with Crippen LogP contribution in [0.1, 0.15) is 26.2 Å². The molecule has 0 saturated carbocycles. The predicted octanol–water partition coefficient (Wildman–Crippen LogP) is -0.0141. The van der Waals surface area contributed by atoms with E-state index in [0.29, 0.717) is 12.8 Å². The summed E-state index contributed by atoms with van der Waals surface area (Å²) in [5.41, 5.74) is -1.38. The van der Waals surface area contributed by atoms with Gasteiger partial charge in [0.15, 0.2) is 0 Å². The maximum Gasteiger partial charge on any atom is 0.318 e. The van der Waals surface area contributed by atoms with E-state index in [9.17, 15) is 9.59 Å². The third kappa shape index (κ3) is 2.99. The number of aliphatic hydroxyl groups is 1. The van der Waals surface area contributed by atoms with Crippen LogP contribution in [0.2, 0.25) is 0 Å². The molecular formula is C9H17NO4. The average molecular weight is 203 g/mol. The summed E-state index contributed by atoms with van der Waals surface area (Å²) < 4.78 is 0. The minimum Gasteiger partial charge on any atom is -0.480 e. The number of aliphatic carboxylic acids is 1. The Morgan fingerprint density at radius 2 is 1.93 bits per heavy atom. The monoisotopic (exact) mass is 203 g/mol. The molecule has 3 N–H and O–H groups in total. The minimum atomic E-state index is -1.38. The first-order valence-corrected chi connectivity index (χ1v) is 4.55. The van der Waals surface area contributed by atoms with Gasteiger partial charge in [-0.2, -0.15) is 0 Å². The first kappa shape index (κ1) is 12.9. The van der Waals surface area contributed by atoms with Crippen LogP contribution in [0.15, 0.2) is 0 Å². The number of rotatable bonds is 6. The molecule has 0 aromatic rings. The number of carboxylic acid groups (broad SMARTS) is 1. The van der Waals surface area contributed by atoms with Crippen LogP contribution in [0.3, 0.4) is 0 Å². The molecular weight excluding hydrogens is 186 g/mol. The van der Waals surface area contributed by atoms with Crippen LogP contribution in [-0.2, 0) is 9.59 Å². The summed E-state index contributed by atoms with van der Waals surface area (Å²) in [7, 11) is 1.41. The molecule has 0 heterocycles. The maximum atomic E-state index is 11.3. The first-order chi connectivity index (χ1) is 6.49.